The van der Waals surface area contributed by atoms with Crippen molar-refractivity contribution in [2.75, 3.05) is 39.4 Å². The second-order valence-corrected chi connectivity index (χ2v) is 6.09. The van der Waals surface area contributed by atoms with Gasteiger partial charge in [0.05, 0.1) is 18.8 Å². The summed E-state index contributed by atoms with van der Waals surface area (Å²) >= 11 is 0. The second kappa shape index (κ2) is 9.12. The topological polar surface area (TPSA) is 74.6 Å². The van der Waals surface area contributed by atoms with Gasteiger partial charge in [0.15, 0.2) is 0 Å². The van der Waals surface area contributed by atoms with Gasteiger partial charge < -0.3 is 14.8 Å². The molecule has 7 heteroatoms. The third kappa shape index (κ3) is 5.26. The molecule has 0 unspecified atom stereocenters. The Morgan fingerprint density at radius 3 is 2.67 bits per heavy atom. The van der Waals surface area contributed by atoms with Crippen molar-refractivity contribution in [1.29, 1.82) is 5.26 Å². The predicted molar refractivity (Wildman–Crippen MR) is 97.2 cm³/mol. The Kier molecular flexibility index (Phi) is 6.36. The summed E-state index contributed by atoms with van der Waals surface area (Å²) in [6, 6.07) is 12.2. The van der Waals surface area contributed by atoms with Crippen molar-refractivity contribution in [2.45, 2.75) is 0 Å². The van der Waals surface area contributed by atoms with E-state index in [0.29, 0.717) is 23.6 Å². The Hall–Kier alpha value is -2.95. The average Bonchev–Trinajstić information content (AvgIpc) is 2.70. The SMILES string of the molecule is N#Cc1cc(C(=O)NCCN2CCOCC2)ccc1Oc1ccc(F)cc1. The highest BCUT2D eigenvalue weighted by molar-refractivity contribution is 5.94. The van der Waals surface area contributed by atoms with Crippen LogP contribution in [0.25, 0.3) is 0 Å². The van der Waals surface area contributed by atoms with Gasteiger partial charge in [-0.05, 0) is 42.5 Å². The molecule has 1 N–H and O–H groups in total. The van der Waals surface area contributed by atoms with Crippen molar-refractivity contribution in [3.63, 3.8) is 0 Å². The van der Waals surface area contributed by atoms with Gasteiger partial charge in [-0.1, -0.05) is 0 Å². The van der Waals surface area contributed by atoms with E-state index in [9.17, 15) is 14.4 Å². The molecule has 1 amide bonds. The first kappa shape index (κ1) is 18.8. The predicted octanol–water partition coefficient (Wildman–Crippen LogP) is 2.55. The van der Waals surface area contributed by atoms with Gasteiger partial charge in [0, 0.05) is 31.7 Å². The fourth-order valence-electron chi connectivity index (χ4n) is 2.73. The molecular weight excluding hydrogens is 349 g/mol. The molecule has 0 aliphatic carbocycles. The summed E-state index contributed by atoms with van der Waals surface area (Å²) in [4.78, 5) is 14.5. The summed E-state index contributed by atoms with van der Waals surface area (Å²) in [5.41, 5.74) is 0.625. The third-order valence-corrected chi connectivity index (χ3v) is 4.22. The lowest BCUT2D eigenvalue weighted by molar-refractivity contribution is 0.0383. The minimum absolute atomic E-state index is 0.236. The lowest BCUT2D eigenvalue weighted by Crippen LogP contribution is -2.41. The number of morpholine rings is 1. The Labute approximate surface area is 157 Å². The van der Waals surface area contributed by atoms with Crippen LogP contribution in [-0.2, 0) is 4.74 Å². The van der Waals surface area contributed by atoms with E-state index in [4.69, 9.17) is 9.47 Å². The van der Waals surface area contributed by atoms with Gasteiger partial charge in [0.2, 0.25) is 0 Å². The van der Waals surface area contributed by atoms with Gasteiger partial charge >= 0.3 is 0 Å². The molecule has 0 spiro atoms. The van der Waals surface area contributed by atoms with Crippen LogP contribution in [-0.4, -0.2) is 50.2 Å². The van der Waals surface area contributed by atoms with Crippen LogP contribution in [0.15, 0.2) is 42.5 Å². The molecule has 0 atom stereocenters. The summed E-state index contributed by atoms with van der Waals surface area (Å²) in [5, 5.41) is 12.2. The van der Waals surface area contributed by atoms with Crippen LogP contribution < -0.4 is 10.1 Å². The van der Waals surface area contributed by atoms with E-state index in [-0.39, 0.29) is 17.3 Å². The van der Waals surface area contributed by atoms with E-state index in [0.717, 1.165) is 32.8 Å². The number of hydrogen-bond donors (Lipinski definition) is 1. The Morgan fingerprint density at radius 2 is 1.96 bits per heavy atom. The van der Waals surface area contributed by atoms with Crippen molar-refractivity contribution in [3.05, 3.63) is 59.4 Å². The zero-order valence-corrected chi connectivity index (χ0v) is 14.8. The Bertz CT molecular complexity index is 827. The molecular formula is C20H20FN3O3. The van der Waals surface area contributed by atoms with Gasteiger partial charge in [0.25, 0.3) is 5.91 Å². The molecule has 1 heterocycles. The highest BCUT2D eigenvalue weighted by atomic mass is 19.1. The van der Waals surface area contributed by atoms with Gasteiger partial charge in [-0.25, -0.2) is 4.39 Å². The zero-order chi connectivity index (χ0) is 19.1. The fraction of sp³-hybridized carbons (Fsp3) is 0.300. The zero-order valence-electron chi connectivity index (χ0n) is 14.8. The number of nitrogens with zero attached hydrogens (tertiary/aromatic N) is 2. The molecule has 3 rings (SSSR count). The Morgan fingerprint density at radius 1 is 1.22 bits per heavy atom. The standard InChI is InChI=1S/C20H20FN3O3/c21-17-2-4-18(5-3-17)27-19-6-1-15(13-16(19)14-22)20(25)23-7-8-24-9-11-26-12-10-24/h1-6,13H,7-12H2,(H,23,25). The highest BCUT2D eigenvalue weighted by Gasteiger charge is 2.13. The number of carbonyl (C=O) groups excluding carboxylic acids is 1. The lowest BCUT2D eigenvalue weighted by atomic mass is 10.1. The number of nitrogens with one attached hydrogen (secondary N) is 1. The molecule has 0 radical (unpaired) electrons. The van der Waals surface area contributed by atoms with Gasteiger partial charge in [-0.15, -0.1) is 0 Å². The molecule has 2 aromatic rings. The molecule has 1 aliphatic rings. The summed E-state index contributed by atoms with van der Waals surface area (Å²) < 4.78 is 23.9. The number of halogens is 1. The number of carbonyl (C=O) groups is 1. The molecule has 0 aromatic heterocycles. The largest absolute Gasteiger partial charge is 0.456 e. The number of amides is 1. The summed E-state index contributed by atoms with van der Waals surface area (Å²) in [6.07, 6.45) is 0. The van der Waals surface area contributed by atoms with E-state index in [2.05, 4.69) is 10.2 Å². The second-order valence-electron chi connectivity index (χ2n) is 6.09. The number of hydrogen-bond acceptors (Lipinski definition) is 5. The third-order valence-electron chi connectivity index (χ3n) is 4.22. The van der Waals surface area contributed by atoms with Gasteiger partial charge in [-0.3, -0.25) is 9.69 Å². The molecule has 1 saturated heterocycles. The van der Waals surface area contributed by atoms with Crippen molar-refractivity contribution < 1.29 is 18.7 Å². The van der Waals surface area contributed by atoms with Crippen LogP contribution >= 0.6 is 0 Å². The van der Waals surface area contributed by atoms with Gasteiger partial charge in [-0.2, -0.15) is 5.26 Å². The summed E-state index contributed by atoms with van der Waals surface area (Å²) in [7, 11) is 0. The number of rotatable bonds is 6. The number of nitriles is 1. The monoisotopic (exact) mass is 369 g/mol. The number of ether oxygens (including phenoxy) is 2. The molecule has 2 aromatic carbocycles. The van der Waals surface area contributed by atoms with Crippen LogP contribution in [0.1, 0.15) is 15.9 Å². The maximum absolute atomic E-state index is 13.0. The minimum atomic E-state index is -0.369. The molecule has 0 saturated carbocycles. The van der Waals surface area contributed by atoms with Crippen LogP contribution in [0.5, 0.6) is 11.5 Å². The van der Waals surface area contributed by atoms with E-state index in [1.807, 2.05) is 6.07 Å². The van der Waals surface area contributed by atoms with Crippen molar-refractivity contribution in [2.24, 2.45) is 0 Å². The van der Waals surface area contributed by atoms with E-state index < -0.39 is 0 Å². The maximum atomic E-state index is 13.0. The molecule has 140 valence electrons. The van der Waals surface area contributed by atoms with E-state index in [1.54, 1.807) is 12.1 Å². The average molecular weight is 369 g/mol. The van der Waals surface area contributed by atoms with Gasteiger partial charge in [0.1, 0.15) is 23.4 Å². The minimum Gasteiger partial charge on any atom is -0.456 e. The molecule has 1 fully saturated rings. The maximum Gasteiger partial charge on any atom is 0.251 e. The van der Waals surface area contributed by atoms with Crippen molar-refractivity contribution >= 4 is 5.91 Å². The van der Waals surface area contributed by atoms with Crippen molar-refractivity contribution in [1.82, 2.24) is 10.2 Å². The van der Waals surface area contributed by atoms with Crippen LogP contribution in [0.3, 0.4) is 0 Å². The normalized spacial score (nSPS) is 14.4. The fourth-order valence-corrected chi connectivity index (χ4v) is 2.73. The quantitative estimate of drug-likeness (QED) is 0.847. The van der Waals surface area contributed by atoms with Crippen molar-refractivity contribution in [3.8, 4) is 17.6 Å². The summed E-state index contributed by atoms with van der Waals surface area (Å²) in [6.45, 7) is 4.44. The first-order valence-electron chi connectivity index (χ1n) is 8.71. The first-order chi connectivity index (χ1) is 13.2. The summed E-state index contributed by atoms with van der Waals surface area (Å²) in [5.74, 6) is 0.115. The van der Waals surface area contributed by atoms with Crippen LogP contribution in [0.4, 0.5) is 4.39 Å². The highest BCUT2D eigenvalue weighted by Crippen LogP contribution is 2.26. The lowest BCUT2D eigenvalue weighted by Gasteiger charge is -2.26. The van der Waals surface area contributed by atoms with Crippen LogP contribution in [0.2, 0.25) is 0 Å². The van der Waals surface area contributed by atoms with E-state index >= 15 is 0 Å². The number of benzene rings is 2. The first-order valence-corrected chi connectivity index (χ1v) is 8.71. The van der Waals surface area contributed by atoms with Crippen LogP contribution in [0, 0.1) is 17.1 Å². The molecule has 0 bridgehead atoms. The molecule has 6 nitrogen and oxygen atoms in total. The molecule has 1 aliphatic heterocycles. The molecule has 27 heavy (non-hydrogen) atoms. The van der Waals surface area contributed by atoms with E-state index in [1.165, 1.54) is 30.3 Å². The Balaban J connectivity index is 1.60. The smallest absolute Gasteiger partial charge is 0.251 e.